The first-order valence-electron chi connectivity index (χ1n) is 14.6. The van der Waals surface area contributed by atoms with Crippen molar-refractivity contribution in [2.24, 2.45) is 5.92 Å². The molecule has 43 heavy (non-hydrogen) atoms. The molecule has 2 unspecified atom stereocenters. The first-order valence-corrected chi connectivity index (χ1v) is 14.6. The molecule has 2 saturated heterocycles. The number of likely N-dealkylation sites (N-methyl/N-ethyl adjacent to an activating group) is 2. The van der Waals surface area contributed by atoms with E-state index in [0.29, 0.717) is 29.8 Å². The molecule has 2 fully saturated rings. The van der Waals surface area contributed by atoms with E-state index in [2.05, 4.69) is 44.5 Å². The quantitative estimate of drug-likeness (QED) is 0.314. The van der Waals surface area contributed by atoms with E-state index < -0.39 is 17.8 Å². The summed E-state index contributed by atoms with van der Waals surface area (Å²) in [6.07, 6.45) is -1.19. The smallest absolute Gasteiger partial charge is 0.421 e. The van der Waals surface area contributed by atoms with Crippen LogP contribution in [0.2, 0.25) is 0 Å². The molecule has 0 bridgehead atoms. The number of hydroxylamine groups is 1. The minimum atomic E-state index is -4.65. The third-order valence-corrected chi connectivity index (χ3v) is 8.19. The number of aromatic nitrogens is 2. The van der Waals surface area contributed by atoms with E-state index in [1.807, 2.05) is 55.6 Å². The van der Waals surface area contributed by atoms with Crippen molar-refractivity contribution in [3.63, 3.8) is 0 Å². The standard InChI is InChI=1S/C31H40F3N7O2/c1-35-25(20-39(2)3)21-12-15-40(16-13-21)27-11-10-23(18-28(27)42-4)37-30-36-19-24(31(32,33)34)29(38-30)41-26(14-17-43-41)22-8-6-5-7-9-22/h5-11,18-19,21,25-26,35H,12-17,20H2,1-4H3,(H,36,37,38). The third-order valence-electron chi connectivity index (χ3n) is 8.19. The number of piperidine rings is 1. The van der Waals surface area contributed by atoms with Gasteiger partial charge < -0.3 is 25.2 Å². The van der Waals surface area contributed by atoms with E-state index in [1.54, 1.807) is 7.11 Å². The van der Waals surface area contributed by atoms with Gasteiger partial charge in [0, 0.05) is 50.0 Å². The van der Waals surface area contributed by atoms with Crippen LogP contribution in [-0.2, 0) is 11.0 Å². The third kappa shape index (κ3) is 7.14. The number of hydrogen-bond donors (Lipinski definition) is 2. The fourth-order valence-electron chi connectivity index (χ4n) is 6.01. The molecule has 3 aromatic rings. The van der Waals surface area contributed by atoms with Crippen LogP contribution < -0.4 is 25.3 Å². The molecule has 2 N–H and O–H groups in total. The Bertz CT molecular complexity index is 1350. The largest absolute Gasteiger partial charge is 0.495 e. The van der Waals surface area contributed by atoms with Gasteiger partial charge in [-0.3, -0.25) is 4.84 Å². The van der Waals surface area contributed by atoms with Crippen molar-refractivity contribution >= 4 is 23.1 Å². The monoisotopic (exact) mass is 599 g/mol. The highest BCUT2D eigenvalue weighted by Crippen LogP contribution is 2.42. The maximum Gasteiger partial charge on any atom is 0.421 e. The van der Waals surface area contributed by atoms with E-state index >= 15 is 0 Å². The van der Waals surface area contributed by atoms with Crippen molar-refractivity contribution in [1.29, 1.82) is 0 Å². The van der Waals surface area contributed by atoms with Crippen molar-refractivity contribution < 1.29 is 22.7 Å². The molecule has 2 aliphatic rings. The lowest BCUT2D eigenvalue weighted by atomic mass is 9.89. The van der Waals surface area contributed by atoms with Crippen LogP contribution in [-0.4, -0.2) is 75.4 Å². The molecule has 12 heteroatoms. The SMILES string of the molecule is CNC(CN(C)C)C1CCN(c2ccc(Nc3ncc(C(F)(F)F)c(N4OCCC4c4ccccc4)n3)cc2OC)CC1. The predicted octanol–water partition coefficient (Wildman–Crippen LogP) is 5.50. The summed E-state index contributed by atoms with van der Waals surface area (Å²) in [7, 11) is 7.83. The molecule has 3 heterocycles. The minimum Gasteiger partial charge on any atom is -0.495 e. The van der Waals surface area contributed by atoms with Gasteiger partial charge >= 0.3 is 6.18 Å². The van der Waals surface area contributed by atoms with Crippen molar-refractivity contribution in [3.05, 3.63) is 65.9 Å². The molecule has 0 amide bonds. The van der Waals surface area contributed by atoms with Gasteiger partial charge in [-0.25, -0.2) is 10.0 Å². The van der Waals surface area contributed by atoms with E-state index in [-0.39, 0.29) is 18.4 Å². The number of halogens is 3. The second-order valence-corrected chi connectivity index (χ2v) is 11.3. The normalized spacial score (nSPS) is 18.7. The van der Waals surface area contributed by atoms with E-state index in [9.17, 15) is 13.2 Å². The fraction of sp³-hybridized carbons (Fsp3) is 0.484. The topological polar surface area (TPSA) is 78.0 Å². The molecule has 5 rings (SSSR count). The molecule has 2 aliphatic heterocycles. The molecule has 0 saturated carbocycles. The summed E-state index contributed by atoms with van der Waals surface area (Å²) in [4.78, 5) is 18.6. The van der Waals surface area contributed by atoms with Crippen LogP contribution in [0.1, 0.15) is 36.4 Å². The Kier molecular flexibility index (Phi) is 9.58. The van der Waals surface area contributed by atoms with E-state index in [1.165, 1.54) is 5.06 Å². The summed E-state index contributed by atoms with van der Waals surface area (Å²) >= 11 is 0. The second kappa shape index (κ2) is 13.4. The molecule has 1 aromatic heterocycles. The van der Waals surface area contributed by atoms with Crippen LogP contribution in [0.4, 0.5) is 36.3 Å². The van der Waals surface area contributed by atoms with Gasteiger partial charge in [-0.2, -0.15) is 18.2 Å². The highest BCUT2D eigenvalue weighted by atomic mass is 19.4. The highest BCUT2D eigenvalue weighted by molar-refractivity contribution is 5.68. The lowest BCUT2D eigenvalue weighted by Gasteiger charge is -2.38. The lowest BCUT2D eigenvalue weighted by molar-refractivity contribution is -0.138. The van der Waals surface area contributed by atoms with Crippen LogP contribution in [0.5, 0.6) is 5.75 Å². The number of anilines is 4. The van der Waals surface area contributed by atoms with E-state index in [0.717, 1.165) is 49.9 Å². The molecule has 0 radical (unpaired) electrons. The van der Waals surface area contributed by atoms with Crippen LogP contribution in [0.3, 0.4) is 0 Å². The van der Waals surface area contributed by atoms with E-state index in [4.69, 9.17) is 9.57 Å². The molecule has 0 aliphatic carbocycles. The van der Waals surface area contributed by atoms with Crippen LogP contribution in [0, 0.1) is 5.92 Å². The number of hydrogen-bond acceptors (Lipinski definition) is 9. The van der Waals surface area contributed by atoms with Gasteiger partial charge in [0.15, 0.2) is 5.82 Å². The molecule has 232 valence electrons. The Morgan fingerprint density at radius 2 is 1.84 bits per heavy atom. The lowest BCUT2D eigenvalue weighted by Crippen LogP contribution is -2.46. The molecular weight excluding hydrogens is 559 g/mol. The number of benzene rings is 2. The number of alkyl halides is 3. The van der Waals surface area contributed by atoms with Crippen molar-refractivity contribution in [1.82, 2.24) is 20.2 Å². The molecule has 0 spiro atoms. The number of nitrogens with zero attached hydrogens (tertiary/aromatic N) is 5. The highest BCUT2D eigenvalue weighted by Gasteiger charge is 2.40. The predicted molar refractivity (Wildman–Crippen MR) is 162 cm³/mol. The summed E-state index contributed by atoms with van der Waals surface area (Å²) in [5.41, 5.74) is 1.47. The zero-order chi connectivity index (χ0) is 30.6. The van der Waals surface area contributed by atoms with Gasteiger partial charge in [-0.1, -0.05) is 30.3 Å². The summed E-state index contributed by atoms with van der Waals surface area (Å²) in [5.74, 6) is 0.959. The Morgan fingerprint density at radius 3 is 2.49 bits per heavy atom. The minimum absolute atomic E-state index is 0.0277. The molecule has 2 atom stereocenters. The number of ether oxygens (including phenoxy) is 1. The maximum atomic E-state index is 14.0. The molecule has 9 nitrogen and oxygen atoms in total. The van der Waals surface area contributed by atoms with Gasteiger partial charge in [0.1, 0.15) is 11.3 Å². The zero-order valence-corrected chi connectivity index (χ0v) is 25.1. The first-order chi connectivity index (χ1) is 20.7. The van der Waals surface area contributed by atoms with Gasteiger partial charge in [-0.05, 0) is 57.6 Å². The average molecular weight is 600 g/mol. The van der Waals surface area contributed by atoms with Gasteiger partial charge in [0.25, 0.3) is 0 Å². The molecule has 2 aromatic carbocycles. The van der Waals surface area contributed by atoms with Gasteiger partial charge in [0.05, 0.1) is 25.4 Å². The Hall–Kier alpha value is -3.61. The zero-order valence-electron chi connectivity index (χ0n) is 25.1. The summed E-state index contributed by atoms with van der Waals surface area (Å²) < 4.78 is 47.9. The second-order valence-electron chi connectivity index (χ2n) is 11.3. The maximum absolute atomic E-state index is 14.0. The summed E-state index contributed by atoms with van der Waals surface area (Å²) in [6.45, 7) is 3.09. The number of nitrogens with one attached hydrogen (secondary N) is 2. The average Bonchev–Trinajstić information content (AvgIpc) is 3.50. The number of methoxy groups -OCH3 is 1. The van der Waals surface area contributed by atoms with Gasteiger partial charge in [-0.15, -0.1) is 0 Å². The number of rotatable bonds is 10. The van der Waals surface area contributed by atoms with Crippen LogP contribution in [0.15, 0.2) is 54.7 Å². The summed E-state index contributed by atoms with van der Waals surface area (Å²) in [6, 6.07) is 15.0. The van der Waals surface area contributed by atoms with Crippen molar-refractivity contribution in [2.45, 2.75) is 37.5 Å². The fourth-order valence-corrected chi connectivity index (χ4v) is 6.01. The Morgan fingerprint density at radius 1 is 1.09 bits per heavy atom. The Balaban J connectivity index is 1.34. The van der Waals surface area contributed by atoms with Crippen molar-refractivity contribution in [3.8, 4) is 5.75 Å². The summed E-state index contributed by atoms with van der Waals surface area (Å²) in [5, 5.41) is 7.81. The molecular formula is C31H40F3N7O2. The van der Waals surface area contributed by atoms with Crippen LogP contribution >= 0.6 is 0 Å². The Labute approximate surface area is 251 Å². The van der Waals surface area contributed by atoms with Crippen molar-refractivity contribution in [2.75, 3.05) is 69.8 Å². The van der Waals surface area contributed by atoms with Crippen LogP contribution in [0.25, 0.3) is 0 Å². The van der Waals surface area contributed by atoms with Gasteiger partial charge in [0.2, 0.25) is 5.95 Å². The first kappa shape index (κ1) is 30.8.